The van der Waals surface area contributed by atoms with Crippen molar-refractivity contribution in [2.24, 2.45) is 10.1 Å². The molecule has 2 heterocycles. The molecular formula is C26H33ClN4O3S. The zero-order valence-electron chi connectivity index (χ0n) is 20.7. The molecule has 2 aliphatic heterocycles. The number of hydrogen-bond donors (Lipinski definition) is 1. The van der Waals surface area contributed by atoms with Gasteiger partial charge in [0, 0.05) is 24.3 Å². The second kappa shape index (κ2) is 12.3. The third kappa shape index (κ3) is 5.93. The number of hydrazone groups is 1. The van der Waals surface area contributed by atoms with Crippen LogP contribution < -0.4 is 19.8 Å². The number of carbonyl (C=O) groups excluding carboxylic acids is 1. The fourth-order valence-electron chi connectivity index (χ4n) is 4.37. The van der Waals surface area contributed by atoms with Crippen molar-refractivity contribution in [3.63, 3.8) is 0 Å². The van der Waals surface area contributed by atoms with Crippen LogP contribution in [-0.4, -0.2) is 49.3 Å². The number of anilines is 1. The molecule has 0 radical (unpaired) electrons. The molecule has 2 aromatic carbocycles. The van der Waals surface area contributed by atoms with Gasteiger partial charge in [0.1, 0.15) is 5.84 Å². The van der Waals surface area contributed by atoms with E-state index in [4.69, 9.17) is 14.5 Å². The van der Waals surface area contributed by atoms with E-state index in [-0.39, 0.29) is 22.9 Å². The van der Waals surface area contributed by atoms with E-state index in [1.54, 1.807) is 14.2 Å². The van der Waals surface area contributed by atoms with Crippen LogP contribution in [0.2, 0.25) is 0 Å². The average Bonchev–Trinajstić information content (AvgIpc) is 2.86. The van der Waals surface area contributed by atoms with E-state index in [9.17, 15) is 4.79 Å². The highest BCUT2D eigenvalue weighted by molar-refractivity contribution is 8.14. The van der Waals surface area contributed by atoms with Gasteiger partial charge in [0.05, 0.1) is 25.2 Å². The van der Waals surface area contributed by atoms with E-state index < -0.39 is 0 Å². The molecule has 0 saturated heterocycles. The molecule has 1 amide bonds. The third-order valence-corrected chi connectivity index (χ3v) is 6.98. The van der Waals surface area contributed by atoms with Crippen molar-refractivity contribution in [1.29, 1.82) is 0 Å². The number of amides is 1. The van der Waals surface area contributed by atoms with Crippen molar-refractivity contribution in [2.45, 2.75) is 44.8 Å². The number of aryl methyl sites for hydroxylation is 1. The average molecular weight is 517 g/mol. The number of rotatable bonds is 7. The predicted octanol–water partition coefficient (Wildman–Crippen LogP) is 5.67. The van der Waals surface area contributed by atoms with Gasteiger partial charge in [0.2, 0.25) is 0 Å². The summed E-state index contributed by atoms with van der Waals surface area (Å²) >= 11 is 1.27. The Bertz CT molecular complexity index is 1120. The van der Waals surface area contributed by atoms with Gasteiger partial charge in [0.25, 0.3) is 5.24 Å². The molecule has 0 bridgehead atoms. The van der Waals surface area contributed by atoms with Gasteiger partial charge in [-0.2, -0.15) is 5.10 Å². The fourth-order valence-corrected chi connectivity index (χ4v) is 5.09. The molecule has 0 aliphatic carbocycles. The summed E-state index contributed by atoms with van der Waals surface area (Å²) in [5.41, 5.74) is 8.00. The highest BCUT2D eigenvalue weighted by Gasteiger charge is 2.26. The van der Waals surface area contributed by atoms with Crippen LogP contribution in [0.5, 0.6) is 11.5 Å². The van der Waals surface area contributed by atoms with E-state index in [2.05, 4.69) is 40.5 Å². The zero-order valence-corrected chi connectivity index (χ0v) is 22.3. The molecular weight excluding hydrogens is 484 g/mol. The number of ether oxygens (including phenoxy) is 2. The van der Waals surface area contributed by atoms with Crippen molar-refractivity contribution in [3.8, 4) is 11.5 Å². The monoisotopic (exact) mass is 516 g/mol. The van der Waals surface area contributed by atoms with Crippen LogP contribution in [-0.2, 0) is 6.42 Å². The standard InChI is InChI=1S/C26H32N4O3S.ClH/c1-5-6-13-27-25(20-10-12-22(32-3)23(16-20)33-4)30-14-7-8-18-15-19(9-11-21(18)30)24-17(2)34-26(31)29-28-24;/h9-12,15-17H,5-8,13-14H2,1-4H3,(H,29,31);1H. The Hall–Kier alpha value is -2.71. The summed E-state index contributed by atoms with van der Waals surface area (Å²) in [6.07, 6.45) is 4.16. The number of fused-ring (bicyclic) bond motifs is 1. The largest absolute Gasteiger partial charge is 0.493 e. The van der Waals surface area contributed by atoms with E-state index in [1.165, 1.54) is 23.0 Å². The van der Waals surface area contributed by atoms with E-state index in [0.29, 0.717) is 11.5 Å². The van der Waals surface area contributed by atoms with E-state index >= 15 is 0 Å². The zero-order chi connectivity index (χ0) is 24.1. The lowest BCUT2D eigenvalue weighted by Crippen LogP contribution is -2.37. The number of hydrogen-bond acceptors (Lipinski definition) is 6. The maximum Gasteiger partial charge on any atom is 0.299 e. The first kappa shape index (κ1) is 26.9. The van der Waals surface area contributed by atoms with E-state index in [0.717, 1.165) is 61.4 Å². The lowest BCUT2D eigenvalue weighted by Gasteiger charge is -2.33. The molecule has 2 aliphatic rings. The van der Waals surface area contributed by atoms with E-state index in [1.807, 2.05) is 25.1 Å². The van der Waals surface area contributed by atoms with Crippen LogP contribution >= 0.6 is 24.2 Å². The molecule has 1 N–H and O–H groups in total. The van der Waals surface area contributed by atoms with Crippen molar-refractivity contribution >= 4 is 46.6 Å². The lowest BCUT2D eigenvalue weighted by atomic mass is 9.96. The van der Waals surface area contributed by atoms with Gasteiger partial charge in [-0.15, -0.1) is 12.4 Å². The molecule has 0 aromatic heterocycles. The molecule has 0 spiro atoms. The smallest absolute Gasteiger partial charge is 0.299 e. The molecule has 4 rings (SSSR count). The van der Waals surface area contributed by atoms with Gasteiger partial charge < -0.3 is 14.4 Å². The Kier molecular flexibility index (Phi) is 9.46. The molecule has 35 heavy (non-hydrogen) atoms. The van der Waals surface area contributed by atoms with Gasteiger partial charge in [-0.1, -0.05) is 31.2 Å². The van der Waals surface area contributed by atoms with Crippen LogP contribution in [0.15, 0.2) is 46.5 Å². The quantitative estimate of drug-likeness (QED) is 0.291. The Morgan fingerprint density at radius 1 is 1.20 bits per heavy atom. The number of nitrogens with zero attached hydrogens (tertiary/aromatic N) is 3. The summed E-state index contributed by atoms with van der Waals surface area (Å²) in [6.45, 7) is 5.87. The van der Waals surface area contributed by atoms with Gasteiger partial charge >= 0.3 is 0 Å². The molecule has 188 valence electrons. The minimum absolute atomic E-state index is 0. The Morgan fingerprint density at radius 3 is 2.71 bits per heavy atom. The molecule has 0 saturated carbocycles. The summed E-state index contributed by atoms with van der Waals surface area (Å²) in [4.78, 5) is 19.0. The topological polar surface area (TPSA) is 75.5 Å². The van der Waals surface area contributed by atoms with Gasteiger partial charge in [-0.05, 0) is 67.6 Å². The van der Waals surface area contributed by atoms with Crippen LogP contribution in [0.4, 0.5) is 10.5 Å². The van der Waals surface area contributed by atoms with Gasteiger partial charge in [-0.25, -0.2) is 5.43 Å². The summed E-state index contributed by atoms with van der Waals surface area (Å²) < 4.78 is 11.0. The second-order valence-electron chi connectivity index (χ2n) is 8.38. The molecule has 0 fully saturated rings. The van der Waals surface area contributed by atoms with Crippen molar-refractivity contribution < 1.29 is 14.3 Å². The van der Waals surface area contributed by atoms with Crippen molar-refractivity contribution in [2.75, 3.05) is 32.2 Å². The number of thioether (sulfide) groups is 1. The summed E-state index contributed by atoms with van der Waals surface area (Å²) in [7, 11) is 3.30. The minimum Gasteiger partial charge on any atom is -0.493 e. The predicted molar refractivity (Wildman–Crippen MR) is 147 cm³/mol. The van der Waals surface area contributed by atoms with Crippen molar-refractivity contribution in [1.82, 2.24) is 5.43 Å². The summed E-state index contributed by atoms with van der Waals surface area (Å²) in [5, 5.41) is 4.24. The molecule has 7 nitrogen and oxygen atoms in total. The fraction of sp³-hybridized carbons (Fsp3) is 0.423. The Balaban J connectivity index is 0.00000342. The van der Waals surface area contributed by atoms with Gasteiger partial charge in [0.15, 0.2) is 11.5 Å². The first-order valence-electron chi connectivity index (χ1n) is 11.8. The summed E-state index contributed by atoms with van der Waals surface area (Å²) in [6, 6.07) is 12.5. The Morgan fingerprint density at radius 2 is 2.00 bits per heavy atom. The highest BCUT2D eigenvalue weighted by atomic mass is 35.5. The number of nitrogens with one attached hydrogen (secondary N) is 1. The number of benzene rings is 2. The molecule has 1 unspecified atom stereocenters. The van der Waals surface area contributed by atoms with Crippen LogP contribution in [0.1, 0.15) is 49.8 Å². The Labute approximate surface area is 217 Å². The van der Waals surface area contributed by atoms with Crippen LogP contribution in [0.25, 0.3) is 0 Å². The second-order valence-corrected chi connectivity index (χ2v) is 9.70. The minimum atomic E-state index is -0.108. The third-order valence-electron chi connectivity index (χ3n) is 6.10. The van der Waals surface area contributed by atoms with Gasteiger partial charge in [-0.3, -0.25) is 9.79 Å². The van der Waals surface area contributed by atoms with Crippen LogP contribution in [0, 0.1) is 0 Å². The SMILES string of the molecule is CCCCN=C(c1ccc(OC)c(OC)c1)N1CCCc2cc(C3=NNC(=O)SC3C)ccc21.Cl. The highest BCUT2D eigenvalue weighted by Crippen LogP contribution is 2.34. The first-order valence-corrected chi connectivity index (χ1v) is 12.7. The molecule has 2 aromatic rings. The number of unbranched alkanes of at least 4 members (excludes halogenated alkanes) is 1. The normalized spacial score (nSPS) is 17.7. The number of methoxy groups -OCH3 is 2. The molecule has 1 atom stereocenters. The number of halogens is 1. The first-order chi connectivity index (χ1) is 16.5. The number of aliphatic imine (C=N–C) groups is 1. The maximum absolute atomic E-state index is 11.6. The number of carbonyl (C=O) groups is 1. The maximum atomic E-state index is 11.6. The molecule has 9 heteroatoms. The lowest BCUT2D eigenvalue weighted by molar-refractivity contribution is 0.261. The van der Waals surface area contributed by atoms with Crippen molar-refractivity contribution in [3.05, 3.63) is 53.1 Å². The summed E-state index contributed by atoms with van der Waals surface area (Å²) in [5.74, 6) is 2.35. The van der Waals surface area contributed by atoms with Crippen LogP contribution in [0.3, 0.4) is 0 Å². The number of amidine groups is 1.